The van der Waals surface area contributed by atoms with Crippen molar-refractivity contribution in [3.05, 3.63) is 52.5 Å². The van der Waals surface area contributed by atoms with Crippen LogP contribution in [0.2, 0.25) is 0 Å². The van der Waals surface area contributed by atoms with Gasteiger partial charge in [0.25, 0.3) is 0 Å². The lowest BCUT2D eigenvalue weighted by atomic mass is 10.2. The fraction of sp³-hybridized carbons (Fsp3) is 0.250. The quantitative estimate of drug-likeness (QED) is 0.853. The number of pyridine rings is 1. The van der Waals surface area contributed by atoms with E-state index in [9.17, 15) is 0 Å². The van der Waals surface area contributed by atoms with Crippen LogP contribution in [0.1, 0.15) is 23.4 Å². The number of hydrogen-bond donors (Lipinski definition) is 1. The highest BCUT2D eigenvalue weighted by molar-refractivity contribution is 7.10. The minimum atomic E-state index is 0.415. The summed E-state index contributed by atoms with van der Waals surface area (Å²) in [6, 6.07) is 8.74. The van der Waals surface area contributed by atoms with E-state index in [4.69, 9.17) is 0 Å². The highest BCUT2D eigenvalue weighted by atomic mass is 32.1. The van der Waals surface area contributed by atoms with Crippen molar-refractivity contribution in [2.75, 3.05) is 0 Å². The molecular formula is C12H14N2S. The molecular weight excluding hydrogens is 204 g/mol. The molecule has 2 aromatic rings. The van der Waals surface area contributed by atoms with E-state index in [-0.39, 0.29) is 0 Å². The Kier molecular flexibility index (Phi) is 3.48. The van der Waals surface area contributed by atoms with Gasteiger partial charge in [-0.05, 0) is 36.1 Å². The summed E-state index contributed by atoms with van der Waals surface area (Å²) in [7, 11) is 0. The number of nitrogens with one attached hydrogen (secondary N) is 1. The predicted molar refractivity (Wildman–Crippen MR) is 63.8 cm³/mol. The van der Waals surface area contributed by atoms with Crippen molar-refractivity contribution in [1.82, 2.24) is 10.3 Å². The highest BCUT2D eigenvalue weighted by Crippen LogP contribution is 2.18. The topological polar surface area (TPSA) is 24.9 Å². The Bertz CT molecular complexity index is 383. The Morgan fingerprint density at radius 3 is 2.80 bits per heavy atom. The van der Waals surface area contributed by atoms with Gasteiger partial charge in [-0.3, -0.25) is 4.98 Å². The second-order valence-electron chi connectivity index (χ2n) is 3.47. The van der Waals surface area contributed by atoms with Gasteiger partial charge in [0.1, 0.15) is 0 Å². The summed E-state index contributed by atoms with van der Waals surface area (Å²) in [6.07, 6.45) is 3.65. The average Bonchev–Trinajstić information content (AvgIpc) is 2.81. The summed E-state index contributed by atoms with van der Waals surface area (Å²) < 4.78 is 0. The largest absolute Gasteiger partial charge is 0.305 e. The van der Waals surface area contributed by atoms with Crippen molar-refractivity contribution in [2.24, 2.45) is 0 Å². The molecule has 15 heavy (non-hydrogen) atoms. The van der Waals surface area contributed by atoms with Crippen LogP contribution in [0.4, 0.5) is 0 Å². The van der Waals surface area contributed by atoms with Gasteiger partial charge in [0, 0.05) is 29.9 Å². The number of rotatable bonds is 4. The molecule has 78 valence electrons. The van der Waals surface area contributed by atoms with Crippen molar-refractivity contribution in [3.8, 4) is 0 Å². The van der Waals surface area contributed by atoms with Gasteiger partial charge in [0.05, 0.1) is 0 Å². The van der Waals surface area contributed by atoms with E-state index in [1.807, 2.05) is 24.5 Å². The molecule has 0 aromatic carbocycles. The first-order valence-corrected chi connectivity index (χ1v) is 5.90. The van der Waals surface area contributed by atoms with Gasteiger partial charge < -0.3 is 5.32 Å². The first-order chi connectivity index (χ1) is 7.36. The molecule has 2 heterocycles. The SMILES string of the molecule is CC(NCc1ccncc1)c1cccs1. The van der Waals surface area contributed by atoms with Gasteiger partial charge in [-0.1, -0.05) is 6.07 Å². The molecule has 0 spiro atoms. The summed E-state index contributed by atoms with van der Waals surface area (Å²) in [5.41, 5.74) is 1.27. The number of nitrogens with zero attached hydrogens (tertiary/aromatic N) is 1. The van der Waals surface area contributed by atoms with E-state index in [0.717, 1.165) is 6.54 Å². The monoisotopic (exact) mass is 218 g/mol. The standard InChI is InChI=1S/C12H14N2S/c1-10(12-3-2-8-15-12)14-9-11-4-6-13-7-5-11/h2-8,10,14H,9H2,1H3. The molecule has 0 aliphatic rings. The maximum Gasteiger partial charge on any atom is 0.0388 e. The maximum absolute atomic E-state index is 4.00. The van der Waals surface area contributed by atoms with Crippen molar-refractivity contribution < 1.29 is 0 Å². The van der Waals surface area contributed by atoms with Crippen LogP contribution in [0.5, 0.6) is 0 Å². The second kappa shape index (κ2) is 5.05. The maximum atomic E-state index is 4.00. The lowest BCUT2D eigenvalue weighted by Gasteiger charge is -2.11. The third-order valence-electron chi connectivity index (χ3n) is 2.33. The van der Waals surface area contributed by atoms with Crippen LogP contribution in [0.25, 0.3) is 0 Å². The van der Waals surface area contributed by atoms with Crippen LogP contribution in [0.3, 0.4) is 0 Å². The lowest BCUT2D eigenvalue weighted by molar-refractivity contribution is 0.582. The highest BCUT2D eigenvalue weighted by Gasteiger charge is 2.04. The van der Waals surface area contributed by atoms with Crippen LogP contribution in [0.15, 0.2) is 42.0 Å². The minimum absolute atomic E-state index is 0.415. The Morgan fingerprint density at radius 2 is 2.13 bits per heavy atom. The molecule has 2 aromatic heterocycles. The average molecular weight is 218 g/mol. The van der Waals surface area contributed by atoms with Gasteiger partial charge in [0.15, 0.2) is 0 Å². The first-order valence-electron chi connectivity index (χ1n) is 5.02. The molecule has 0 aliphatic carbocycles. The van der Waals surface area contributed by atoms with Gasteiger partial charge in [-0.15, -0.1) is 11.3 Å². The minimum Gasteiger partial charge on any atom is -0.305 e. The smallest absolute Gasteiger partial charge is 0.0388 e. The molecule has 0 saturated carbocycles. The summed E-state index contributed by atoms with van der Waals surface area (Å²) in [5.74, 6) is 0. The Labute approximate surface area is 94.0 Å². The van der Waals surface area contributed by atoms with Crippen LogP contribution >= 0.6 is 11.3 Å². The molecule has 0 aliphatic heterocycles. The molecule has 0 fully saturated rings. The first kappa shape index (κ1) is 10.3. The van der Waals surface area contributed by atoms with E-state index in [1.54, 1.807) is 11.3 Å². The summed E-state index contributed by atoms with van der Waals surface area (Å²) in [4.78, 5) is 5.38. The molecule has 1 unspecified atom stereocenters. The lowest BCUT2D eigenvalue weighted by Crippen LogP contribution is -2.16. The summed E-state index contributed by atoms with van der Waals surface area (Å²) in [6.45, 7) is 3.08. The third-order valence-corrected chi connectivity index (χ3v) is 3.39. The zero-order valence-electron chi connectivity index (χ0n) is 8.68. The third kappa shape index (κ3) is 2.88. The van der Waals surface area contributed by atoms with E-state index in [0.29, 0.717) is 6.04 Å². The van der Waals surface area contributed by atoms with Crippen molar-refractivity contribution in [2.45, 2.75) is 19.5 Å². The Hall–Kier alpha value is -1.19. The predicted octanol–water partition coefficient (Wildman–Crippen LogP) is 2.99. The van der Waals surface area contributed by atoms with Gasteiger partial charge >= 0.3 is 0 Å². The summed E-state index contributed by atoms with van der Waals surface area (Å²) >= 11 is 1.79. The van der Waals surface area contributed by atoms with Crippen molar-refractivity contribution in [3.63, 3.8) is 0 Å². The van der Waals surface area contributed by atoms with Crippen LogP contribution in [-0.2, 0) is 6.54 Å². The molecule has 1 atom stereocenters. The van der Waals surface area contributed by atoms with E-state index in [2.05, 4.69) is 34.7 Å². The van der Waals surface area contributed by atoms with Crippen LogP contribution < -0.4 is 5.32 Å². The number of aromatic nitrogens is 1. The molecule has 3 heteroatoms. The van der Waals surface area contributed by atoms with Gasteiger partial charge in [-0.25, -0.2) is 0 Å². The zero-order chi connectivity index (χ0) is 10.5. The Morgan fingerprint density at radius 1 is 1.33 bits per heavy atom. The summed E-state index contributed by atoms with van der Waals surface area (Å²) in [5, 5.41) is 5.59. The fourth-order valence-electron chi connectivity index (χ4n) is 1.41. The van der Waals surface area contributed by atoms with E-state index in [1.165, 1.54) is 10.4 Å². The van der Waals surface area contributed by atoms with Gasteiger partial charge in [-0.2, -0.15) is 0 Å². The van der Waals surface area contributed by atoms with Crippen molar-refractivity contribution >= 4 is 11.3 Å². The molecule has 0 bridgehead atoms. The second-order valence-corrected chi connectivity index (χ2v) is 4.45. The molecule has 2 rings (SSSR count). The molecule has 0 amide bonds. The van der Waals surface area contributed by atoms with Crippen molar-refractivity contribution in [1.29, 1.82) is 0 Å². The molecule has 0 radical (unpaired) electrons. The molecule has 2 nitrogen and oxygen atoms in total. The zero-order valence-corrected chi connectivity index (χ0v) is 9.50. The van der Waals surface area contributed by atoms with Crippen LogP contribution in [0, 0.1) is 0 Å². The van der Waals surface area contributed by atoms with Gasteiger partial charge in [0.2, 0.25) is 0 Å². The molecule has 1 N–H and O–H groups in total. The number of thiophene rings is 1. The Balaban J connectivity index is 1.89. The normalized spacial score (nSPS) is 12.6. The van der Waals surface area contributed by atoms with E-state index >= 15 is 0 Å². The fourth-order valence-corrected chi connectivity index (χ4v) is 2.17. The van der Waals surface area contributed by atoms with E-state index < -0.39 is 0 Å². The van der Waals surface area contributed by atoms with Crippen LogP contribution in [-0.4, -0.2) is 4.98 Å². The number of hydrogen-bond acceptors (Lipinski definition) is 3. The molecule has 0 saturated heterocycles.